The second-order valence-corrected chi connectivity index (χ2v) is 5.56. The smallest absolute Gasteiger partial charge is 0.223 e. The number of piperidine rings is 1. The molecule has 0 aliphatic carbocycles. The van der Waals surface area contributed by atoms with Crippen LogP contribution in [0.2, 0.25) is 0 Å². The van der Waals surface area contributed by atoms with Gasteiger partial charge in [0.2, 0.25) is 5.91 Å². The van der Waals surface area contributed by atoms with Crippen LogP contribution in [0.25, 0.3) is 0 Å². The number of hydrogen-bond donors (Lipinski definition) is 1. The standard InChI is InChI=1S/C15H23N3O/c1-15(12-16)8-2-3-10-18(15)14(19)7-6-13-5-4-9-17-11-13/h4-5,9,11H,2-3,6-8,10,12,16H2,1H3. The van der Waals surface area contributed by atoms with Crippen LogP contribution in [0, 0.1) is 0 Å². The van der Waals surface area contributed by atoms with Crippen molar-refractivity contribution in [3.05, 3.63) is 30.1 Å². The molecule has 0 aromatic carbocycles. The summed E-state index contributed by atoms with van der Waals surface area (Å²) < 4.78 is 0. The molecule has 1 saturated heterocycles. The lowest BCUT2D eigenvalue weighted by Gasteiger charge is -2.44. The molecule has 1 aliphatic rings. The Balaban J connectivity index is 1.95. The number of aryl methyl sites for hydroxylation is 1. The highest BCUT2D eigenvalue weighted by atomic mass is 16.2. The molecule has 1 aromatic heterocycles. The predicted octanol–water partition coefficient (Wildman–Crippen LogP) is 1.74. The van der Waals surface area contributed by atoms with Gasteiger partial charge in [-0.2, -0.15) is 0 Å². The number of aromatic nitrogens is 1. The molecule has 4 nitrogen and oxygen atoms in total. The third kappa shape index (κ3) is 3.32. The molecule has 1 atom stereocenters. The van der Waals surface area contributed by atoms with E-state index < -0.39 is 0 Å². The molecule has 1 fully saturated rings. The minimum absolute atomic E-state index is 0.149. The quantitative estimate of drug-likeness (QED) is 0.898. The summed E-state index contributed by atoms with van der Waals surface area (Å²) in [5.41, 5.74) is 6.83. The van der Waals surface area contributed by atoms with E-state index in [9.17, 15) is 4.79 Å². The van der Waals surface area contributed by atoms with Crippen molar-refractivity contribution in [3.63, 3.8) is 0 Å². The lowest BCUT2D eigenvalue weighted by molar-refractivity contribution is -0.138. The average Bonchev–Trinajstić information content (AvgIpc) is 2.46. The molecule has 2 heterocycles. The Labute approximate surface area is 115 Å². The molecule has 2 N–H and O–H groups in total. The first-order chi connectivity index (χ1) is 9.15. The highest BCUT2D eigenvalue weighted by Gasteiger charge is 2.35. The lowest BCUT2D eigenvalue weighted by atomic mass is 9.88. The van der Waals surface area contributed by atoms with Gasteiger partial charge in [-0.15, -0.1) is 0 Å². The monoisotopic (exact) mass is 261 g/mol. The Kier molecular flexibility index (Phi) is 4.53. The van der Waals surface area contributed by atoms with Crippen molar-refractivity contribution in [2.24, 2.45) is 5.73 Å². The van der Waals surface area contributed by atoms with Gasteiger partial charge < -0.3 is 10.6 Å². The van der Waals surface area contributed by atoms with E-state index in [2.05, 4.69) is 11.9 Å². The Hall–Kier alpha value is -1.42. The van der Waals surface area contributed by atoms with Crippen molar-refractivity contribution in [1.82, 2.24) is 9.88 Å². The highest BCUT2D eigenvalue weighted by Crippen LogP contribution is 2.27. The number of carbonyl (C=O) groups excluding carboxylic acids is 1. The maximum atomic E-state index is 12.4. The summed E-state index contributed by atoms with van der Waals surface area (Å²) in [7, 11) is 0. The van der Waals surface area contributed by atoms with E-state index in [0.717, 1.165) is 31.4 Å². The summed E-state index contributed by atoms with van der Waals surface area (Å²) >= 11 is 0. The van der Waals surface area contributed by atoms with E-state index in [4.69, 9.17) is 5.73 Å². The third-order valence-corrected chi connectivity index (χ3v) is 4.09. The van der Waals surface area contributed by atoms with Crippen LogP contribution in [0.5, 0.6) is 0 Å². The van der Waals surface area contributed by atoms with Crippen molar-refractivity contribution >= 4 is 5.91 Å². The Morgan fingerprint density at radius 1 is 1.53 bits per heavy atom. The van der Waals surface area contributed by atoms with Crippen LogP contribution in [-0.2, 0) is 11.2 Å². The fourth-order valence-electron chi connectivity index (χ4n) is 2.75. The number of nitrogens with zero attached hydrogens (tertiary/aromatic N) is 2. The van der Waals surface area contributed by atoms with Crippen molar-refractivity contribution in [2.45, 2.75) is 44.6 Å². The predicted molar refractivity (Wildman–Crippen MR) is 75.6 cm³/mol. The normalized spacial score (nSPS) is 23.4. The maximum absolute atomic E-state index is 12.4. The zero-order chi connectivity index (χ0) is 13.7. The molecule has 1 unspecified atom stereocenters. The number of hydrogen-bond acceptors (Lipinski definition) is 3. The van der Waals surface area contributed by atoms with Crippen LogP contribution < -0.4 is 5.73 Å². The Morgan fingerprint density at radius 3 is 3.05 bits per heavy atom. The molecule has 104 valence electrons. The first-order valence-corrected chi connectivity index (χ1v) is 7.05. The zero-order valence-corrected chi connectivity index (χ0v) is 11.6. The molecule has 4 heteroatoms. The summed E-state index contributed by atoms with van der Waals surface area (Å²) in [4.78, 5) is 18.5. The fraction of sp³-hybridized carbons (Fsp3) is 0.600. The van der Waals surface area contributed by atoms with Crippen LogP contribution in [0.3, 0.4) is 0 Å². The van der Waals surface area contributed by atoms with Crippen molar-refractivity contribution in [2.75, 3.05) is 13.1 Å². The molecule has 2 rings (SSSR count). The summed E-state index contributed by atoms with van der Waals surface area (Å²) in [6.07, 6.45) is 8.15. The minimum atomic E-state index is -0.149. The Bertz CT molecular complexity index is 421. The fourth-order valence-corrected chi connectivity index (χ4v) is 2.75. The number of nitrogens with two attached hydrogens (primary N) is 1. The Morgan fingerprint density at radius 2 is 2.37 bits per heavy atom. The molecule has 1 amide bonds. The third-order valence-electron chi connectivity index (χ3n) is 4.09. The summed E-state index contributed by atoms with van der Waals surface area (Å²) in [6.45, 7) is 3.50. The highest BCUT2D eigenvalue weighted by molar-refractivity contribution is 5.77. The van der Waals surface area contributed by atoms with Gasteiger partial charge in [-0.05, 0) is 44.2 Å². The summed E-state index contributed by atoms with van der Waals surface area (Å²) in [5, 5.41) is 0. The van der Waals surface area contributed by atoms with Gasteiger partial charge in [0, 0.05) is 31.9 Å². The SMILES string of the molecule is CC1(CN)CCCCN1C(=O)CCc1cccnc1. The molecular formula is C15H23N3O. The molecule has 0 radical (unpaired) electrons. The second kappa shape index (κ2) is 6.15. The topological polar surface area (TPSA) is 59.2 Å². The molecule has 1 aliphatic heterocycles. The molecule has 19 heavy (non-hydrogen) atoms. The number of amides is 1. The molecule has 0 spiro atoms. The maximum Gasteiger partial charge on any atom is 0.223 e. The van der Waals surface area contributed by atoms with E-state index in [0.29, 0.717) is 13.0 Å². The lowest BCUT2D eigenvalue weighted by Crippen LogP contribution is -2.56. The van der Waals surface area contributed by atoms with Crippen molar-refractivity contribution < 1.29 is 4.79 Å². The van der Waals surface area contributed by atoms with E-state index in [1.807, 2.05) is 23.2 Å². The van der Waals surface area contributed by atoms with Gasteiger partial charge in [0.1, 0.15) is 0 Å². The number of rotatable bonds is 4. The molecule has 0 saturated carbocycles. The molecule has 1 aromatic rings. The summed E-state index contributed by atoms with van der Waals surface area (Å²) in [5.74, 6) is 0.219. The molecule has 0 bridgehead atoms. The van der Waals surface area contributed by atoms with Gasteiger partial charge >= 0.3 is 0 Å². The number of carbonyl (C=O) groups is 1. The van der Waals surface area contributed by atoms with Crippen LogP contribution in [0.15, 0.2) is 24.5 Å². The van der Waals surface area contributed by atoms with Gasteiger partial charge in [0.05, 0.1) is 5.54 Å². The van der Waals surface area contributed by atoms with Gasteiger partial charge in [0.25, 0.3) is 0 Å². The second-order valence-electron chi connectivity index (χ2n) is 5.56. The minimum Gasteiger partial charge on any atom is -0.336 e. The largest absolute Gasteiger partial charge is 0.336 e. The van der Waals surface area contributed by atoms with Crippen LogP contribution in [-0.4, -0.2) is 34.4 Å². The van der Waals surface area contributed by atoms with Gasteiger partial charge in [-0.1, -0.05) is 6.07 Å². The molecular weight excluding hydrogens is 238 g/mol. The average molecular weight is 261 g/mol. The van der Waals surface area contributed by atoms with E-state index in [1.165, 1.54) is 6.42 Å². The van der Waals surface area contributed by atoms with Crippen molar-refractivity contribution in [1.29, 1.82) is 0 Å². The van der Waals surface area contributed by atoms with E-state index >= 15 is 0 Å². The van der Waals surface area contributed by atoms with Crippen LogP contribution in [0.4, 0.5) is 0 Å². The number of pyridine rings is 1. The van der Waals surface area contributed by atoms with E-state index in [1.54, 1.807) is 6.20 Å². The van der Waals surface area contributed by atoms with Gasteiger partial charge in [-0.25, -0.2) is 0 Å². The van der Waals surface area contributed by atoms with E-state index in [-0.39, 0.29) is 11.4 Å². The first-order valence-electron chi connectivity index (χ1n) is 7.05. The van der Waals surface area contributed by atoms with Crippen LogP contribution >= 0.6 is 0 Å². The first kappa shape index (κ1) is 14.0. The van der Waals surface area contributed by atoms with Gasteiger partial charge in [-0.3, -0.25) is 9.78 Å². The van der Waals surface area contributed by atoms with Crippen LogP contribution in [0.1, 0.15) is 38.2 Å². The zero-order valence-electron chi connectivity index (χ0n) is 11.6. The number of likely N-dealkylation sites (tertiary alicyclic amines) is 1. The summed E-state index contributed by atoms with van der Waals surface area (Å²) in [6, 6.07) is 3.92. The van der Waals surface area contributed by atoms with Gasteiger partial charge in [0.15, 0.2) is 0 Å². The van der Waals surface area contributed by atoms with Crippen molar-refractivity contribution in [3.8, 4) is 0 Å².